The van der Waals surface area contributed by atoms with E-state index in [1.807, 2.05) is 6.07 Å². The van der Waals surface area contributed by atoms with Crippen LogP contribution in [-0.2, 0) is 0 Å². The Hall–Kier alpha value is -1.57. The topological polar surface area (TPSA) is 26.0 Å². The zero-order chi connectivity index (χ0) is 11.0. The molecule has 2 rings (SSSR count). The minimum Gasteiger partial charge on any atom is -0.356 e. The van der Waals surface area contributed by atoms with Crippen LogP contribution in [0.1, 0.15) is 22.3 Å². The Kier molecular flexibility index (Phi) is 2.35. The number of hydrogen-bond acceptors (Lipinski definition) is 2. The van der Waals surface area contributed by atoms with Crippen LogP contribution < -0.4 is 0 Å². The van der Waals surface area contributed by atoms with E-state index in [4.69, 9.17) is 4.52 Å². The monoisotopic (exact) mass is 201 g/mol. The fourth-order valence-corrected chi connectivity index (χ4v) is 1.93. The molecule has 2 aromatic rings. The van der Waals surface area contributed by atoms with Crippen LogP contribution in [0.25, 0.3) is 11.3 Å². The molecule has 1 aromatic heterocycles. The largest absolute Gasteiger partial charge is 0.356 e. The first-order valence-corrected chi connectivity index (χ1v) is 5.09. The minimum absolute atomic E-state index is 0.858. The van der Waals surface area contributed by atoms with Gasteiger partial charge < -0.3 is 4.52 Å². The van der Waals surface area contributed by atoms with Gasteiger partial charge in [-0.15, -0.1) is 0 Å². The van der Waals surface area contributed by atoms with Gasteiger partial charge in [0.15, 0.2) is 5.76 Å². The highest BCUT2D eigenvalue weighted by Gasteiger charge is 2.12. The van der Waals surface area contributed by atoms with Gasteiger partial charge in [-0.25, -0.2) is 0 Å². The summed E-state index contributed by atoms with van der Waals surface area (Å²) in [5, 5.41) is 3.77. The van der Waals surface area contributed by atoms with Crippen molar-refractivity contribution in [2.24, 2.45) is 0 Å². The molecule has 2 heteroatoms. The first kappa shape index (κ1) is 9.97. The van der Waals surface area contributed by atoms with Crippen LogP contribution >= 0.6 is 0 Å². The molecule has 2 nitrogen and oxygen atoms in total. The van der Waals surface area contributed by atoms with Gasteiger partial charge in [-0.05, 0) is 49.9 Å². The van der Waals surface area contributed by atoms with E-state index in [0.717, 1.165) is 5.76 Å². The van der Waals surface area contributed by atoms with E-state index in [1.54, 1.807) is 6.20 Å². The molecule has 0 fully saturated rings. The zero-order valence-electron chi connectivity index (χ0n) is 9.59. The first-order valence-electron chi connectivity index (χ1n) is 5.09. The summed E-state index contributed by atoms with van der Waals surface area (Å²) >= 11 is 0. The molecule has 0 saturated carbocycles. The Bertz CT molecular complexity index is 457. The second-order valence-electron chi connectivity index (χ2n) is 4.01. The Morgan fingerprint density at radius 2 is 1.60 bits per heavy atom. The molecule has 0 bridgehead atoms. The summed E-state index contributed by atoms with van der Waals surface area (Å²) in [6, 6.07) is 4.12. The van der Waals surface area contributed by atoms with Gasteiger partial charge in [-0.2, -0.15) is 0 Å². The molecule has 0 N–H and O–H groups in total. The maximum absolute atomic E-state index is 5.24. The molecule has 0 aliphatic carbocycles. The predicted octanol–water partition coefficient (Wildman–Crippen LogP) is 3.58. The number of benzene rings is 1. The van der Waals surface area contributed by atoms with Crippen molar-refractivity contribution in [2.75, 3.05) is 0 Å². The standard InChI is InChI=1S/C13H15NO/c1-8-7-9(2)11(4)13(10(8)3)12-5-6-14-15-12/h5-7H,1-4H3. The molecular weight excluding hydrogens is 186 g/mol. The van der Waals surface area contributed by atoms with E-state index in [1.165, 1.54) is 27.8 Å². The van der Waals surface area contributed by atoms with Crippen molar-refractivity contribution >= 4 is 0 Å². The Morgan fingerprint density at radius 3 is 2.07 bits per heavy atom. The van der Waals surface area contributed by atoms with E-state index in [2.05, 4.69) is 38.9 Å². The summed E-state index contributed by atoms with van der Waals surface area (Å²) in [7, 11) is 0. The summed E-state index contributed by atoms with van der Waals surface area (Å²) in [6.45, 7) is 8.50. The second-order valence-corrected chi connectivity index (χ2v) is 4.01. The lowest BCUT2D eigenvalue weighted by molar-refractivity contribution is 0.432. The third kappa shape index (κ3) is 1.56. The third-order valence-corrected chi connectivity index (χ3v) is 3.05. The van der Waals surface area contributed by atoms with Crippen LogP contribution in [0.4, 0.5) is 0 Å². The Morgan fingerprint density at radius 1 is 1.00 bits per heavy atom. The zero-order valence-corrected chi connectivity index (χ0v) is 9.59. The fraction of sp³-hybridized carbons (Fsp3) is 0.308. The van der Waals surface area contributed by atoms with E-state index in [9.17, 15) is 0 Å². The molecule has 1 aromatic carbocycles. The van der Waals surface area contributed by atoms with Gasteiger partial charge in [-0.1, -0.05) is 11.2 Å². The highest BCUT2D eigenvalue weighted by molar-refractivity contribution is 5.69. The van der Waals surface area contributed by atoms with Crippen molar-refractivity contribution in [1.29, 1.82) is 0 Å². The normalized spacial score (nSPS) is 10.7. The Labute approximate surface area is 89.9 Å². The molecule has 0 radical (unpaired) electrons. The molecule has 78 valence electrons. The second kappa shape index (κ2) is 3.54. The van der Waals surface area contributed by atoms with E-state index >= 15 is 0 Å². The van der Waals surface area contributed by atoms with Gasteiger partial charge in [0.2, 0.25) is 0 Å². The van der Waals surface area contributed by atoms with Crippen LogP contribution in [0.15, 0.2) is 22.9 Å². The average Bonchev–Trinajstić information content (AvgIpc) is 2.69. The quantitative estimate of drug-likeness (QED) is 0.704. The summed E-state index contributed by atoms with van der Waals surface area (Å²) in [6.07, 6.45) is 1.69. The van der Waals surface area contributed by atoms with E-state index in [-0.39, 0.29) is 0 Å². The number of hydrogen-bond donors (Lipinski definition) is 0. The van der Waals surface area contributed by atoms with Gasteiger partial charge in [0.05, 0.1) is 6.20 Å². The highest BCUT2D eigenvalue weighted by atomic mass is 16.5. The smallest absolute Gasteiger partial charge is 0.167 e. The lowest BCUT2D eigenvalue weighted by Crippen LogP contribution is -1.94. The van der Waals surface area contributed by atoms with Crippen LogP contribution in [0, 0.1) is 27.7 Å². The van der Waals surface area contributed by atoms with Crippen LogP contribution in [0.5, 0.6) is 0 Å². The van der Waals surface area contributed by atoms with E-state index in [0.29, 0.717) is 0 Å². The maximum Gasteiger partial charge on any atom is 0.167 e. The van der Waals surface area contributed by atoms with Crippen molar-refractivity contribution in [3.05, 3.63) is 40.6 Å². The van der Waals surface area contributed by atoms with E-state index < -0.39 is 0 Å². The molecule has 0 unspecified atom stereocenters. The van der Waals surface area contributed by atoms with Crippen LogP contribution in [0.2, 0.25) is 0 Å². The van der Waals surface area contributed by atoms with Gasteiger partial charge >= 0.3 is 0 Å². The molecule has 1 heterocycles. The molecule has 0 aliphatic rings. The Balaban J connectivity index is 2.75. The summed E-state index contributed by atoms with van der Waals surface area (Å²) in [5.74, 6) is 0.858. The van der Waals surface area contributed by atoms with Crippen molar-refractivity contribution in [3.63, 3.8) is 0 Å². The predicted molar refractivity (Wildman–Crippen MR) is 60.9 cm³/mol. The molecule has 0 amide bonds. The van der Waals surface area contributed by atoms with Crippen molar-refractivity contribution in [1.82, 2.24) is 5.16 Å². The molecule has 0 aliphatic heterocycles. The lowest BCUT2D eigenvalue weighted by Gasteiger charge is -2.12. The molecule has 0 atom stereocenters. The third-order valence-electron chi connectivity index (χ3n) is 3.05. The lowest BCUT2D eigenvalue weighted by atomic mass is 9.93. The van der Waals surface area contributed by atoms with Gasteiger partial charge in [0, 0.05) is 11.6 Å². The maximum atomic E-state index is 5.24. The van der Waals surface area contributed by atoms with Crippen molar-refractivity contribution in [2.45, 2.75) is 27.7 Å². The van der Waals surface area contributed by atoms with Crippen LogP contribution in [-0.4, -0.2) is 5.16 Å². The first-order chi connectivity index (χ1) is 7.11. The molecule has 15 heavy (non-hydrogen) atoms. The molecular formula is C13H15NO. The fourth-order valence-electron chi connectivity index (χ4n) is 1.93. The average molecular weight is 201 g/mol. The van der Waals surface area contributed by atoms with Crippen molar-refractivity contribution < 1.29 is 4.52 Å². The number of rotatable bonds is 1. The SMILES string of the molecule is Cc1cc(C)c(C)c(-c2ccno2)c1C. The number of aromatic nitrogens is 1. The minimum atomic E-state index is 0.858. The molecule has 0 spiro atoms. The van der Waals surface area contributed by atoms with Crippen LogP contribution in [0.3, 0.4) is 0 Å². The highest BCUT2D eigenvalue weighted by Crippen LogP contribution is 2.30. The van der Waals surface area contributed by atoms with Crippen molar-refractivity contribution in [3.8, 4) is 11.3 Å². The molecule has 0 saturated heterocycles. The summed E-state index contributed by atoms with van der Waals surface area (Å²) < 4.78 is 5.24. The summed E-state index contributed by atoms with van der Waals surface area (Å²) in [4.78, 5) is 0. The number of aryl methyl sites for hydroxylation is 2. The van der Waals surface area contributed by atoms with Gasteiger partial charge in [0.1, 0.15) is 0 Å². The number of nitrogens with zero attached hydrogens (tertiary/aromatic N) is 1. The van der Waals surface area contributed by atoms with Gasteiger partial charge in [0.25, 0.3) is 0 Å². The summed E-state index contributed by atoms with van der Waals surface area (Å²) in [5.41, 5.74) is 6.32. The van der Waals surface area contributed by atoms with Gasteiger partial charge in [-0.3, -0.25) is 0 Å².